The van der Waals surface area contributed by atoms with Crippen LogP contribution in [-0.4, -0.2) is 45.3 Å². The lowest BCUT2D eigenvalue weighted by molar-refractivity contribution is -0.117. The van der Waals surface area contributed by atoms with Crippen molar-refractivity contribution in [2.75, 3.05) is 28.0 Å². The zero-order chi connectivity index (χ0) is 22.0. The predicted molar refractivity (Wildman–Crippen MR) is 119 cm³/mol. The van der Waals surface area contributed by atoms with E-state index >= 15 is 0 Å². The number of carbonyl (C=O) groups is 2. The highest BCUT2D eigenvalue weighted by molar-refractivity contribution is 7.92. The zero-order valence-electron chi connectivity index (χ0n) is 16.6. The van der Waals surface area contributed by atoms with E-state index in [1.165, 1.54) is 15.6 Å². The molecule has 0 radical (unpaired) electrons. The van der Waals surface area contributed by atoms with Crippen LogP contribution in [0.4, 0.5) is 16.2 Å². The summed E-state index contributed by atoms with van der Waals surface area (Å²) in [6, 6.07) is 9.79. The molecule has 0 bridgehead atoms. The Kier molecular flexibility index (Phi) is 5.89. The third kappa shape index (κ3) is 4.68. The number of hydrogen-bond donors (Lipinski definition) is 1. The first-order chi connectivity index (χ1) is 14.9. The van der Waals surface area contributed by atoms with E-state index in [9.17, 15) is 18.0 Å². The summed E-state index contributed by atoms with van der Waals surface area (Å²) in [4.78, 5) is 26.8. The second kappa shape index (κ2) is 8.61. The van der Waals surface area contributed by atoms with E-state index in [0.717, 1.165) is 6.42 Å². The molecule has 10 heteroatoms. The van der Waals surface area contributed by atoms with E-state index < -0.39 is 22.2 Å². The van der Waals surface area contributed by atoms with Crippen molar-refractivity contribution < 1.29 is 22.7 Å². The summed E-state index contributed by atoms with van der Waals surface area (Å²) in [5.74, 6) is 2.49. The van der Waals surface area contributed by atoms with Gasteiger partial charge in [0.1, 0.15) is 0 Å². The Hall–Kier alpha value is -3.03. The quantitative estimate of drug-likeness (QED) is 0.709. The van der Waals surface area contributed by atoms with Crippen LogP contribution in [0.1, 0.15) is 24.1 Å². The molecule has 2 aliphatic heterocycles. The normalized spacial score (nSPS) is 20.4. The van der Waals surface area contributed by atoms with E-state index in [1.807, 2.05) is 0 Å². The maximum atomic E-state index is 12.5. The van der Waals surface area contributed by atoms with Crippen molar-refractivity contribution in [3.8, 4) is 17.4 Å². The molecule has 2 aromatic rings. The largest absolute Gasteiger partial charge is 0.413 e. The predicted octanol–water partition coefficient (Wildman–Crippen LogP) is 2.55. The molecule has 0 saturated carbocycles. The van der Waals surface area contributed by atoms with Crippen molar-refractivity contribution in [2.45, 2.75) is 25.3 Å². The number of thiophene rings is 1. The number of sulfonamides is 1. The van der Waals surface area contributed by atoms with Crippen molar-refractivity contribution in [3.63, 3.8) is 0 Å². The highest BCUT2D eigenvalue weighted by Gasteiger charge is 2.32. The average molecular weight is 460 g/mol. The molecule has 1 N–H and O–H groups in total. The van der Waals surface area contributed by atoms with Crippen molar-refractivity contribution >= 4 is 44.7 Å². The number of nitrogens with zero attached hydrogens (tertiary/aromatic N) is 2. The second-order valence-corrected chi connectivity index (χ2v) is 10.4. The third-order valence-electron chi connectivity index (χ3n) is 5.16. The highest BCUT2D eigenvalue weighted by atomic mass is 32.2. The zero-order valence-corrected chi connectivity index (χ0v) is 18.2. The summed E-state index contributed by atoms with van der Waals surface area (Å²) >= 11 is 1.19. The minimum absolute atomic E-state index is 0.130. The van der Waals surface area contributed by atoms with Gasteiger partial charge in [-0.15, -0.1) is 6.42 Å². The number of benzene rings is 1. The fourth-order valence-corrected chi connectivity index (χ4v) is 5.98. The number of anilines is 2. The maximum Gasteiger partial charge on any atom is 0.413 e. The van der Waals surface area contributed by atoms with Gasteiger partial charge in [-0.25, -0.2) is 13.2 Å². The number of amides is 2. The molecule has 2 amide bonds. The molecule has 2 aliphatic rings. The van der Waals surface area contributed by atoms with Crippen LogP contribution in [0.3, 0.4) is 0 Å². The van der Waals surface area contributed by atoms with Gasteiger partial charge in [-0.2, -0.15) is 0 Å². The molecule has 0 unspecified atom stereocenters. The minimum Gasteiger partial charge on any atom is -0.399 e. The summed E-state index contributed by atoms with van der Waals surface area (Å²) < 4.78 is 31.2. The van der Waals surface area contributed by atoms with Crippen LogP contribution in [0.5, 0.6) is 5.06 Å². The molecular formula is C21H21N3O5S2. The van der Waals surface area contributed by atoms with Crippen LogP contribution in [-0.2, 0) is 14.8 Å². The van der Waals surface area contributed by atoms with Crippen LogP contribution < -0.4 is 19.3 Å². The first-order valence-electron chi connectivity index (χ1n) is 9.81. The Morgan fingerprint density at radius 3 is 2.58 bits per heavy atom. The molecule has 3 heterocycles. The molecular weight excluding hydrogens is 438 g/mol. The number of carbonyl (C=O) groups excluding carboxylic acids is 2. The summed E-state index contributed by atoms with van der Waals surface area (Å²) in [5.41, 5.74) is 1.24. The smallest absolute Gasteiger partial charge is 0.399 e. The first kappa shape index (κ1) is 21.2. The number of terminal acetylenes is 1. The summed E-state index contributed by atoms with van der Waals surface area (Å²) in [6.07, 6.45) is 6.31. The fraction of sp³-hybridized carbons (Fsp3) is 0.333. The van der Waals surface area contributed by atoms with Gasteiger partial charge in [-0.1, -0.05) is 17.3 Å². The van der Waals surface area contributed by atoms with Crippen molar-refractivity contribution in [1.29, 1.82) is 0 Å². The molecule has 2 saturated heterocycles. The molecule has 162 valence electrons. The average Bonchev–Trinajstić information content (AvgIpc) is 3.33. The molecule has 1 atom stereocenters. The Labute approximate surface area is 184 Å². The Balaban J connectivity index is 1.38. The fourth-order valence-electron chi connectivity index (χ4n) is 3.67. The minimum atomic E-state index is -3.29. The Bertz CT molecular complexity index is 1130. The summed E-state index contributed by atoms with van der Waals surface area (Å²) in [6.45, 7) is 0.765. The van der Waals surface area contributed by atoms with Crippen molar-refractivity contribution in [2.24, 2.45) is 0 Å². The third-order valence-corrected chi connectivity index (χ3v) is 7.93. The number of rotatable bonds is 4. The number of ether oxygens (including phenoxy) is 1. The van der Waals surface area contributed by atoms with Gasteiger partial charge < -0.3 is 15.0 Å². The van der Waals surface area contributed by atoms with Crippen LogP contribution in [0, 0.1) is 12.3 Å². The van der Waals surface area contributed by atoms with E-state index in [-0.39, 0.29) is 18.1 Å². The standard InChI is InChI=1S/C21H21N3O5S2/c1-2-18-9-10-20(30-18)29-21(26)22-15-13-19(25)23(14-15)16-5-7-17(8-6-16)24-11-3-4-12-31(24,27)28/h1,5-10,15H,3-4,11-14H2,(H,22,26)/t15-/m1/s1. The highest BCUT2D eigenvalue weighted by Crippen LogP contribution is 2.28. The van der Waals surface area contributed by atoms with Crippen LogP contribution in [0.2, 0.25) is 0 Å². The first-order valence-corrected chi connectivity index (χ1v) is 12.2. The van der Waals surface area contributed by atoms with Gasteiger partial charge in [-0.05, 0) is 49.2 Å². The van der Waals surface area contributed by atoms with Crippen molar-refractivity contribution in [1.82, 2.24) is 5.32 Å². The molecule has 1 aromatic carbocycles. The number of nitrogens with one attached hydrogen (secondary N) is 1. The van der Waals surface area contributed by atoms with E-state index in [2.05, 4.69) is 11.2 Å². The van der Waals surface area contributed by atoms with Gasteiger partial charge in [-0.3, -0.25) is 9.10 Å². The van der Waals surface area contributed by atoms with Crippen LogP contribution >= 0.6 is 11.3 Å². The lowest BCUT2D eigenvalue weighted by Crippen LogP contribution is -2.38. The van der Waals surface area contributed by atoms with E-state index in [1.54, 1.807) is 41.3 Å². The second-order valence-electron chi connectivity index (χ2n) is 7.31. The van der Waals surface area contributed by atoms with Gasteiger partial charge in [0.25, 0.3) is 0 Å². The monoisotopic (exact) mass is 459 g/mol. The van der Waals surface area contributed by atoms with E-state index in [0.29, 0.717) is 40.8 Å². The van der Waals surface area contributed by atoms with Gasteiger partial charge in [0.2, 0.25) is 15.9 Å². The molecule has 1 aromatic heterocycles. The van der Waals surface area contributed by atoms with Gasteiger partial charge in [0.15, 0.2) is 5.06 Å². The van der Waals surface area contributed by atoms with Gasteiger partial charge in [0.05, 0.1) is 22.4 Å². The van der Waals surface area contributed by atoms with Crippen molar-refractivity contribution in [3.05, 3.63) is 41.3 Å². The molecule has 2 fully saturated rings. The van der Waals surface area contributed by atoms with Crippen LogP contribution in [0.25, 0.3) is 0 Å². The van der Waals surface area contributed by atoms with Crippen LogP contribution in [0.15, 0.2) is 36.4 Å². The lowest BCUT2D eigenvalue weighted by Gasteiger charge is -2.28. The summed E-state index contributed by atoms with van der Waals surface area (Å²) in [5, 5.41) is 3.09. The molecule has 0 aliphatic carbocycles. The SMILES string of the molecule is C#Cc1ccc(OC(=O)N[C@@H]2CC(=O)N(c3ccc(N4CCCCS4(=O)=O)cc3)C2)s1. The molecule has 4 rings (SSSR count). The maximum absolute atomic E-state index is 12.5. The van der Waals surface area contributed by atoms with Gasteiger partial charge in [0, 0.05) is 25.2 Å². The molecule has 31 heavy (non-hydrogen) atoms. The summed E-state index contributed by atoms with van der Waals surface area (Å²) in [7, 11) is -3.29. The Morgan fingerprint density at radius 2 is 1.90 bits per heavy atom. The molecule has 0 spiro atoms. The lowest BCUT2D eigenvalue weighted by atomic mass is 10.2. The van der Waals surface area contributed by atoms with Gasteiger partial charge >= 0.3 is 6.09 Å². The topological polar surface area (TPSA) is 96.0 Å². The number of hydrogen-bond acceptors (Lipinski definition) is 6. The van der Waals surface area contributed by atoms with E-state index in [4.69, 9.17) is 11.2 Å². The molecule has 8 nitrogen and oxygen atoms in total. The Morgan fingerprint density at radius 1 is 1.16 bits per heavy atom.